The summed E-state index contributed by atoms with van der Waals surface area (Å²) in [5, 5.41) is 2.88. The Balaban J connectivity index is 1.38. The number of ether oxygens (including phenoxy) is 2. The molecule has 0 aromatic heterocycles. The van der Waals surface area contributed by atoms with Crippen molar-refractivity contribution in [3.63, 3.8) is 0 Å². The molecule has 0 bridgehead atoms. The lowest BCUT2D eigenvalue weighted by Crippen LogP contribution is -2.50. The van der Waals surface area contributed by atoms with E-state index in [0.717, 1.165) is 30.5 Å². The van der Waals surface area contributed by atoms with Crippen LogP contribution in [0.4, 0.5) is 10.1 Å². The van der Waals surface area contributed by atoms with Crippen LogP contribution >= 0.6 is 0 Å². The largest absolute Gasteiger partial charge is 0.484 e. The average Bonchev–Trinajstić information content (AvgIpc) is 3.49. The number of benzene rings is 3. The molecule has 0 spiro atoms. The first-order chi connectivity index (χ1) is 19.2. The zero-order chi connectivity index (χ0) is 28.5. The summed E-state index contributed by atoms with van der Waals surface area (Å²) in [6.07, 6.45) is 1.83. The molecule has 2 atom stereocenters. The number of hydrogen-bond acceptors (Lipinski definition) is 6. The summed E-state index contributed by atoms with van der Waals surface area (Å²) in [7, 11) is -3.91. The van der Waals surface area contributed by atoms with Gasteiger partial charge in [-0.2, -0.15) is 0 Å². The third kappa shape index (κ3) is 8.03. The molecule has 0 unspecified atom stereocenters. The van der Waals surface area contributed by atoms with Crippen LogP contribution < -0.4 is 14.8 Å². The molecule has 9 nitrogen and oxygen atoms in total. The minimum Gasteiger partial charge on any atom is -0.484 e. The molecule has 212 valence electrons. The fourth-order valence-electron chi connectivity index (χ4n) is 4.21. The second-order valence-electron chi connectivity index (χ2n) is 9.44. The lowest BCUT2D eigenvalue weighted by molar-refractivity contribution is -0.142. The zero-order valence-electron chi connectivity index (χ0n) is 22.1. The summed E-state index contributed by atoms with van der Waals surface area (Å²) < 4.78 is 52.0. The highest BCUT2D eigenvalue weighted by molar-refractivity contribution is 7.92. The summed E-state index contributed by atoms with van der Waals surface area (Å²) in [5.41, 5.74) is 1.08. The second-order valence-corrected chi connectivity index (χ2v) is 11.1. The quantitative estimate of drug-likeness (QED) is 0.344. The smallest absolute Gasteiger partial charge is 0.261 e. The molecule has 0 radical (unpaired) electrons. The molecular formula is C29H32FN3O6S. The van der Waals surface area contributed by atoms with E-state index in [1.807, 2.05) is 30.3 Å². The van der Waals surface area contributed by atoms with Gasteiger partial charge in [-0.3, -0.25) is 14.3 Å². The van der Waals surface area contributed by atoms with Gasteiger partial charge in [0.25, 0.3) is 15.9 Å². The Kier molecular flexibility index (Phi) is 9.73. The summed E-state index contributed by atoms with van der Waals surface area (Å²) in [6, 6.07) is 19.1. The molecule has 1 aliphatic rings. The Bertz CT molecular complexity index is 1380. The van der Waals surface area contributed by atoms with Crippen molar-refractivity contribution in [3.05, 3.63) is 90.2 Å². The van der Waals surface area contributed by atoms with Crippen LogP contribution in [0.3, 0.4) is 0 Å². The van der Waals surface area contributed by atoms with Gasteiger partial charge in [-0.1, -0.05) is 30.3 Å². The van der Waals surface area contributed by atoms with Crippen LogP contribution in [-0.2, 0) is 30.9 Å². The molecule has 1 saturated heterocycles. The predicted molar refractivity (Wildman–Crippen MR) is 148 cm³/mol. The van der Waals surface area contributed by atoms with Gasteiger partial charge in [-0.15, -0.1) is 0 Å². The zero-order valence-corrected chi connectivity index (χ0v) is 22.9. The van der Waals surface area contributed by atoms with Crippen LogP contribution in [0.15, 0.2) is 83.8 Å². The number of carbonyl (C=O) groups excluding carboxylic acids is 2. The molecule has 1 aliphatic heterocycles. The van der Waals surface area contributed by atoms with E-state index in [9.17, 15) is 22.4 Å². The van der Waals surface area contributed by atoms with E-state index >= 15 is 0 Å². The fourth-order valence-corrected chi connectivity index (χ4v) is 5.26. The predicted octanol–water partition coefficient (Wildman–Crippen LogP) is 3.72. The molecule has 2 amide bonds. The van der Waals surface area contributed by atoms with Crippen molar-refractivity contribution in [1.29, 1.82) is 0 Å². The van der Waals surface area contributed by atoms with Gasteiger partial charge in [0.2, 0.25) is 5.91 Å². The van der Waals surface area contributed by atoms with E-state index in [1.54, 1.807) is 6.92 Å². The highest BCUT2D eigenvalue weighted by Crippen LogP contribution is 2.20. The number of hydrogen-bond donors (Lipinski definition) is 2. The summed E-state index contributed by atoms with van der Waals surface area (Å²) in [5.74, 6) is -0.888. The SMILES string of the molecule is C[C@H](C(=O)NC[C@H]1CCCO1)N(Cc1ccccc1)C(=O)COc1ccc(S(=O)(=O)Nc2ccc(F)cc2)cc1. The van der Waals surface area contributed by atoms with E-state index in [2.05, 4.69) is 10.0 Å². The maximum atomic E-state index is 13.2. The molecule has 0 aliphatic carbocycles. The number of nitrogens with one attached hydrogen (secondary N) is 2. The molecular weight excluding hydrogens is 537 g/mol. The Morgan fingerprint density at radius 2 is 1.75 bits per heavy atom. The minimum absolute atomic E-state index is 0.0181. The number of carbonyl (C=O) groups is 2. The van der Waals surface area contributed by atoms with Gasteiger partial charge in [0.15, 0.2) is 6.61 Å². The Labute approximate surface area is 233 Å². The van der Waals surface area contributed by atoms with Crippen molar-refractivity contribution < 1.29 is 31.9 Å². The molecule has 3 aromatic rings. The van der Waals surface area contributed by atoms with Crippen LogP contribution in [-0.4, -0.2) is 57.0 Å². The number of anilines is 1. The molecule has 40 heavy (non-hydrogen) atoms. The van der Waals surface area contributed by atoms with Crippen molar-refractivity contribution >= 4 is 27.5 Å². The standard InChI is InChI=1S/C29H32FN3O6S/c1-21(29(35)31-18-26-8-5-17-38-26)33(19-22-6-3-2-4-7-22)28(34)20-39-25-13-15-27(16-14-25)40(36,37)32-24-11-9-23(30)10-12-24/h2-4,6-7,9-16,21,26,32H,5,8,17-20H2,1H3,(H,31,35)/t21-,26-/m1/s1. The maximum absolute atomic E-state index is 13.2. The van der Waals surface area contributed by atoms with Crippen molar-refractivity contribution in [2.45, 2.75) is 43.4 Å². The normalized spacial score (nSPS) is 15.7. The third-order valence-electron chi connectivity index (χ3n) is 6.48. The van der Waals surface area contributed by atoms with Crippen LogP contribution in [0.2, 0.25) is 0 Å². The first-order valence-electron chi connectivity index (χ1n) is 13.0. The molecule has 1 fully saturated rings. The van der Waals surface area contributed by atoms with Gasteiger partial charge in [-0.25, -0.2) is 12.8 Å². The fraction of sp³-hybridized carbons (Fsp3) is 0.310. The lowest BCUT2D eigenvalue weighted by Gasteiger charge is -2.29. The number of amides is 2. The van der Waals surface area contributed by atoms with Gasteiger partial charge in [-0.05, 0) is 73.9 Å². The summed E-state index contributed by atoms with van der Waals surface area (Å²) in [6.45, 7) is 2.60. The van der Waals surface area contributed by atoms with Gasteiger partial charge in [0, 0.05) is 25.4 Å². The van der Waals surface area contributed by atoms with E-state index in [-0.39, 0.29) is 41.5 Å². The number of nitrogens with zero attached hydrogens (tertiary/aromatic N) is 1. The van der Waals surface area contributed by atoms with Crippen molar-refractivity contribution in [2.24, 2.45) is 0 Å². The van der Waals surface area contributed by atoms with Crippen molar-refractivity contribution in [2.75, 3.05) is 24.5 Å². The van der Waals surface area contributed by atoms with Gasteiger partial charge >= 0.3 is 0 Å². The molecule has 4 rings (SSSR count). The topological polar surface area (TPSA) is 114 Å². The van der Waals surface area contributed by atoms with Crippen LogP contribution in [0.25, 0.3) is 0 Å². The van der Waals surface area contributed by atoms with Crippen molar-refractivity contribution in [1.82, 2.24) is 10.2 Å². The van der Waals surface area contributed by atoms with Crippen LogP contribution in [0.1, 0.15) is 25.3 Å². The summed E-state index contributed by atoms with van der Waals surface area (Å²) in [4.78, 5) is 27.6. The van der Waals surface area contributed by atoms with Gasteiger partial charge < -0.3 is 19.7 Å². The van der Waals surface area contributed by atoms with E-state index < -0.39 is 27.8 Å². The number of rotatable bonds is 12. The minimum atomic E-state index is -3.91. The molecule has 11 heteroatoms. The maximum Gasteiger partial charge on any atom is 0.261 e. The highest BCUT2D eigenvalue weighted by atomic mass is 32.2. The number of sulfonamides is 1. The lowest BCUT2D eigenvalue weighted by atomic mass is 10.1. The Morgan fingerprint density at radius 1 is 1.05 bits per heavy atom. The second kappa shape index (κ2) is 13.4. The van der Waals surface area contributed by atoms with E-state index in [0.29, 0.717) is 13.2 Å². The van der Waals surface area contributed by atoms with Crippen LogP contribution in [0, 0.1) is 5.82 Å². The first-order valence-corrected chi connectivity index (χ1v) is 14.4. The van der Waals surface area contributed by atoms with Gasteiger partial charge in [0.1, 0.15) is 17.6 Å². The molecule has 3 aromatic carbocycles. The molecule has 2 N–H and O–H groups in total. The van der Waals surface area contributed by atoms with Crippen LogP contribution in [0.5, 0.6) is 5.75 Å². The summed E-state index contributed by atoms with van der Waals surface area (Å²) >= 11 is 0. The Hall–Kier alpha value is -3.96. The Morgan fingerprint density at radius 3 is 2.40 bits per heavy atom. The van der Waals surface area contributed by atoms with Gasteiger partial charge in [0.05, 0.1) is 11.0 Å². The first kappa shape index (κ1) is 29.0. The highest BCUT2D eigenvalue weighted by Gasteiger charge is 2.27. The van der Waals surface area contributed by atoms with E-state index in [1.165, 1.54) is 41.3 Å². The monoisotopic (exact) mass is 569 g/mol. The third-order valence-corrected chi connectivity index (χ3v) is 7.88. The molecule has 1 heterocycles. The van der Waals surface area contributed by atoms with Crippen molar-refractivity contribution in [3.8, 4) is 5.75 Å². The number of halogens is 1. The average molecular weight is 570 g/mol. The molecule has 0 saturated carbocycles. The van der Waals surface area contributed by atoms with E-state index in [4.69, 9.17) is 9.47 Å².